The molecule has 0 aliphatic carbocycles. The molecule has 6 rings (SSSR count). The van der Waals surface area contributed by atoms with E-state index in [-0.39, 0.29) is 139 Å². The molecule has 0 unspecified atom stereocenters. The number of ether oxygens (including phenoxy) is 4. The Morgan fingerprint density at radius 3 is 1.14 bits per heavy atom. The van der Waals surface area contributed by atoms with E-state index < -0.39 is 92.0 Å². The summed E-state index contributed by atoms with van der Waals surface area (Å²) in [4.78, 5) is 107. The summed E-state index contributed by atoms with van der Waals surface area (Å²) in [6, 6.07) is 56.9. The summed E-state index contributed by atoms with van der Waals surface area (Å²) in [6.45, 7) is 3.41. The van der Waals surface area contributed by atoms with Gasteiger partial charge in [0.15, 0.2) is 11.2 Å². The van der Waals surface area contributed by atoms with Crippen LogP contribution < -0.4 is 127 Å². The van der Waals surface area contributed by atoms with Crippen LogP contribution in [0.3, 0.4) is 0 Å². The Hall–Kier alpha value is -5.67. The lowest BCUT2D eigenvalue weighted by molar-refractivity contribution is -0.146. The van der Waals surface area contributed by atoms with Crippen LogP contribution in [0.5, 0.6) is 0 Å². The molecule has 0 aliphatic rings. The molecular formula is C66H79Br4N5O12P2S-2. The molecule has 90 heavy (non-hydrogen) atoms. The molecule has 4 atom stereocenters. The second-order valence-electron chi connectivity index (χ2n) is 20.2. The lowest BCUT2D eigenvalue weighted by Gasteiger charge is -2.27. The van der Waals surface area contributed by atoms with Crippen molar-refractivity contribution in [3.05, 3.63) is 182 Å². The van der Waals surface area contributed by atoms with Gasteiger partial charge in [-0.2, -0.15) is 0 Å². The monoisotopic (exact) mass is 1540 g/mol. The van der Waals surface area contributed by atoms with Gasteiger partial charge in [0.1, 0.15) is 90.5 Å². The molecule has 0 saturated heterocycles. The van der Waals surface area contributed by atoms with Crippen molar-refractivity contribution in [1.29, 1.82) is 0 Å². The number of benzene rings is 6. The Balaban J connectivity index is 0.00000690. The highest BCUT2D eigenvalue weighted by Crippen LogP contribution is 2.56. The molecule has 0 aliphatic heterocycles. The number of ketones is 1. The highest BCUT2D eigenvalue weighted by molar-refractivity contribution is 8.00. The van der Waals surface area contributed by atoms with E-state index in [0.29, 0.717) is 25.2 Å². The lowest BCUT2D eigenvalue weighted by Crippen LogP contribution is -3.00. The van der Waals surface area contributed by atoms with Crippen molar-refractivity contribution in [1.82, 2.24) is 16.0 Å². The van der Waals surface area contributed by atoms with Crippen molar-refractivity contribution in [3.8, 4) is 0 Å². The zero-order valence-electron chi connectivity index (χ0n) is 50.3. The lowest BCUT2D eigenvalue weighted by atomic mass is 10.1. The molecule has 0 radical (unpaired) electrons. The topological polar surface area (TPSA) is 262 Å². The van der Waals surface area contributed by atoms with Gasteiger partial charge in [0.2, 0.25) is 11.8 Å². The summed E-state index contributed by atoms with van der Waals surface area (Å²) in [7, 11) is -4.70. The van der Waals surface area contributed by atoms with Crippen LogP contribution in [0.25, 0.3) is 0 Å². The van der Waals surface area contributed by atoms with E-state index in [9.17, 15) is 38.4 Å². The number of carbonyl (C=O) groups excluding carboxylic acids is 8. The largest absolute Gasteiger partial charge is 1.00 e. The van der Waals surface area contributed by atoms with Crippen LogP contribution in [0.2, 0.25) is 0 Å². The van der Waals surface area contributed by atoms with E-state index in [4.69, 9.17) is 30.4 Å². The Morgan fingerprint density at radius 2 is 0.767 bits per heavy atom. The van der Waals surface area contributed by atoms with E-state index in [2.05, 4.69) is 88.7 Å². The van der Waals surface area contributed by atoms with Crippen molar-refractivity contribution in [2.75, 3.05) is 51.0 Å². The SMILES string of the molecule is CCCOC(=O)CNC(=O)[C@@H](NC(=O)CC[C@H](N)C(=O)OCC[P+](c1ccccc1)(c1ccccc1)c1ccccc1)SC[C@H](NC(=O)CC[C@H](N)C(=O)OCCC)C(=O)CCC(=O)OCC[P+](c1ccccc1)(c1ccccc1)c1ccccc1.[Br-].[Br-].[Br-].[Br-]. The van der Waals surface area contributed by atoms with Gasteiger partial charge in [-0.1, -0.05) is 123 Å². The molecule has 0 bridgehead atoms. The molecule has 0 aromatic heterocycles. The zero-order valence-corrected chi connectivity index (χ0v) is 59.3. The fraction of sp³-hybridized carbons (Fsp3) is 0.333. The van der Waals surface area contributed by atoms with Gasteiger partial charge in [0, 0.05) is 25.0 Å². The minimum Gasteiger partial charge on any atom is -1.00 e. The number of thioether (sulfide) groups is 1. The van der Waals surface area contributed by atoms with Crippen molar-refractivity contribution in [2.45, 2.75) is 88.7 Å². The molecular weight excluding hydrogens is 1470 g/mol. The molecule has 0 heterocycles. The van der Waals surface area contributed by atoms with Crippen LogP contribution in [-0.2, 0) is 57.3 Å². The predicted octanol–water partition coefficient (Wildman–Crippen LogP) is -6.68. The number of halogens is 4. The first-order chi connectivity index (χ1) is 41.7. The van der Waals surface area contributed by atoms with Gasteiger partial charge in [-0.15, -0.1) is 11.8 Å². The fourth-order valence-electron chi connectivity index (χ4n) is 9.63. The number of nitrogens with one attached hydrogen (secondary N) is 3. The van der Waals surface area contributed by atoms with Crippen molar-refractivity contribution in [2.24, 2.45) is 11.5 Å². The summed E-state index contributed by atoms with van der Waals surface area (Å²) in [5, 5.41) is 12.9. The van der Waals surface area contributed by atoms with Crippen LogP contribution in [-0.4, -0.2) is 122 Å². The second-order valence-corrected chi connectivity index (χ2v) is 28.6. The number of Topliss-reactive ketones (excluding diaryl/α,β-unsaturated/α-hetero) is 1. The summed E-state index contributed by atoms with van der Waals surface area (Å²) in [5.41, 5.74) is 12.4. The van der Waals surface area contributed by atoms with Crippen LogP contribution >= 0.6 is 26.3 Å². The number of rotatable bonds is 36. The average Bonchev–Trinajstić information content (AvgIpc) is 0.859. The summed E-state index contributed by atoms with van der Waals surface area (Å²) >= 11 is 0.774. The molecule has 6 aromatic rings. The molecule has 3 amide bonds. The van der Waals surface area contributed by atoms with Gasteiger partial charge < -0.3 is 114 Å². The number of carbonyl (C=O) groups is 8. The van der Waals surface area contributed by atoms with E-state index >= 15 is 0 Å². The van der Waals surface area contributed by atoms with Crippen LogP contribution in [0.15, 0.2) is 182 Å². The maximum Gasteiger partial charge on any atom is 0.325 e. The first-order valence-corrected chi connectivity index (χ1v) is 34.0. The Kier molecular flexibility index (Phi) is 38.6. The minimum atomic E-state index is -2.36. The Bertz CT molecular complexity index is 2930. The maximum absolute atomic E-state index is 14.2. The number of hydrogen-bond acceptors (Lipinski definition) is 15. The second kappa shape index (κ2) is 43.2. The highest BCUT2D eigenvalue weighted by atomic mass is 79.9. The van der Waals surface area contributed by atoms with Gasteiger partial charge in [-0.3, -0.25) is 38.4 Å². The van der Waals surface area contributed by atoms with E-state index in [1.165, 1.54) is 0 Å². The summed E-state index contributed by atoms with van der Waals surface area (Å²) in [5.74, 6) is -5.89. The number of amides is 3. The highest BCUT2D eigenvalue weighted by Gasteiger charge is 2.47. The van der Waals surface area contributed by atoms with Crippen LogP contribution in [0, 0.1) is 0 Å². The van der Waals surface area contributed by atoms with E-state index in [1.54, 1.807) is 6.92 Å². The van der Waals surface area contributed by atoms with Crippen molar-refractivity contribution >= 4 is 105 Å². The molecule has 24 heteroatoms. The minimum absolute atomic E-state index is 0. The van der Waals surface area contributed by atoms with Crippen molar-refractivity contribution < 1.29 is 125 Å². The standard InChI is InChI=1S/C66H77N5O12P2S.4BrH/c1-3-41-80-62(76)47-69-63(77)64(71-60(74)39-36-56(68)66(79)83-44-46-85(52-29-17-8-18-30-52,53-31-19-9-20-32-53)54-33-21-10-22-34-54)86-48-57(70-59(73)38-35-55(67)65(78)82-42-4-2)58(72)37-40-61(75)81-43-45-84(49-23-11-5-12-24-49,50-25-13-6-14-26-50)51-27-15-7-16-28-51;;;;/h5-34,55-57,64H,3-4,35-48,67-68H2,1-2H3,(H-2,69,70,71,73,74,77);4*1H/p-2/t55-,56-,57-,64-;;;;/m0..../s1. The molecule has 0 spiro atoms. The number of hydrogen-bond donors (Lipinski definition) is 5. The third-order valence-electron chi connectivity index (χ3n) is 14.1. The number of esters is 4. The Morgan fingerprint density at radius 1 is 0.433 bits per heavy atom. The Labute approximate surface area is 575 Å². The molecule has 6 aromatic carbocycles. The number of nitrogens with two attached hydrogens (primary N) is 2. The first kappa shape index (κ1) is 80.4. The quantitative estimate of drug-likeness (QED) is 0.0106. The third-order valence-corrected chi connectivity index (χ3v) is 24.1. The van der Waals surface area contributed by atoms with Gasteiger partial charge in [-0.25, -0.2) is 0 Å². The molecule has 0 fully saturated rings. The average molecular weight is 1550 g/mol. The van der Waals surface area contributed by atoms with E-state index in [0.717, 1.165) is 43.6 Å². The maximum atomic E-state index is 14.2. The van der Waals surface area contributed by atoms with Gasteiger partial charge in [0.05, 0.1) is 25.7 Å². The fourth-order valence-corrected chi connectivity index (χ4v) is 18.9. The van der Waals surface area contributed by atoms with Gasteiger partial charge in [0.25, 0.3) is 5.91 Å². The molecule has 486 valence electrons. The normalized spacial score (nSPS) is 12.1. The van der Waals surface area contributed by atoms with Gasteiger partial charge in [-0.05, 0) is 98.5 Å². The first-order valence-electron chi connectivity index (χ1n) is 29.0. The predicted molar refractivity (Wildman–Crippen MR) is 342 cm³/mol. The van der Waals surface area contributed by atoms with Crippen LogP contribution in [0.4, 0.5) is 0 Å². The molecule has 17 nitrogen and oxygen atoms in total. The zero-order chi connectivity index (χ0) is 61.6. The van der Waals surface area contributed by atoms with E-state index in [1.807, 2.05) is 116 Å². The van der Waals surface area contributed by atoms with Gasteiger partial charge >= 0.3 is 23.9 Å². The molecule has 7 N–H and O–H groups in total. The van der Waals surface area contributed by atoms with Crippen molar-refractivity contribution in [3.63, 3.8) is 0 Å². The van der Waals surface area contributed by atoms with Crippen LogP contribution in [0.1, 0.15) is 65.2 Å². The summed E-state index contributed by atoms with van der Waals surface area (Å²) in [6.07, 6.45) is 0.416. The smallest absolute Gasteiger partial charge is 0.325 e. The third kappa shape index (κ3) is 24.4. The summed E-state index contributed by atoms with van der Waals surface area (Å²) < 4.78 is 22.0. The molecule has 0 saturated carbocycles.